The Hall–Kier alpha value is -3.69. The van der Waals surface area contributed by atoms with E-state index in [0.29, 0.717) is 31.3 Å². The van der Waals surface area contributed by atoms with Gasteiger partial charge in [-0.3, -0.25) is 14.6 Å². The lowest BCUT2D eigenvalue weighted by atomic mass is 9.88. The second-order valence-corrected chi connectivity index (χ2v) is 9.41. The van der Waals surface area contributed by atoms with Gasteiger partial charge in [-0.15, -0.1) is 0 Å². The highest BCUT2D eigenvalue weighted by Crippen LogP contribution is 2.35. The molecule has 0 spiro atoms. The van der Waals surface area contributed by atoms with Gasteiger partial charge in [-0.1, -0.05) is 24.8 Å². The highest BCUT2D eigenvalue weighted by molar-refractivity contribution is 6.22. The van der Waals surface area contributed by atoms with Crippen LogP contribution in [0.15, 0.2) is 70.9 Å². The first-order valence-corrected chi connectivity index (χ1v) is 12.0. The number of nitrogens with zero attached hydrogens (tertiary/aromatic N) is 2. The van der Waals surface area contributed by atoms with Crippen LogP contribution in [-0.2, 0) is 15.8 Å². The van der Waals surface area contributed by atoms with Crippen LogP contribution >= 0.6 is 0 Å². The van der Waals surface area contributed by atoms with Crippen molar-refractivity contribution >= 4 is 17.6 Å². The smallest absolute Gasteiger partial charge is 0.350 e. The zero-order chi connectivity index (χ0) is 26.9. The molecule has 2 heterocycles. The largest absolute Gasteiger partial charge is 0.419 e. The molecule has 2 amide bonds. The van der Waals surface area contributed by atoms with Gasteiger partial charge in [0.2, 0.25) is 5.91 Å². The number of rotatable bonds is 6. The molecule has 2 aliphatic heterocycles. The van der Waals surface area contributed by atoms with Gasteiger partial charge in [-0.05, 0) is 62.5 Å². The highest BCUT2D eigenvalue weighted by atomic mass is 19.4. The molecule has 6 nitrogen and oxygen atoms in total. The summed E-state index contributed by atoms with van der Waals surface area (Å²) >= 11 is 0. The van der Waals surface area contributed by atoms with Gasteiger partial charge >= 0.3 is 6.18 Å². The van der Waals surface area contributed by atoms with Crippen molar-refractivity contribution in [1.29, 1.82) is 0 Å². The first-order chi connectivity index (χ1) is 17.5. The number of halogens is 4. The molecular weight excluding hydrogens is 488 g/mol. The number of benzene rings is 1. The Balaban J connectivity index is 1.57. The predicted octanol–water partition coefficient (Wildman–Crippen LogP) is 4.73. The molecule has 3 aliphatic rings. The molecule has 196 valence electrons. The van der Waals surface area contributed by atoms with Crippen molar-refractivity contribution in [3.05, 3.63) is 82.9 Å². The third-order valence-electron chi connectivity index (χ3n) is 6.62. The fraction of sp³-hybridized carbons (Fsp3) is 0.370. The molecule has 1 unspecified atom stereocenters. The lowest BCUT2D eigenvalue weighted by Gasteiger charge is -2.28. The van der Waals surface area contributed by atoms with Gasteiger partial charge in [-0.2, -0.15) is 13.2 Å². The quantitative estimate of drug-likeness (QED) is 0.424. The lowest BCUT2D eigenvalue weighted by Crippen LogP contribution is -2.37. The number of amidine groups is 1. The molecular formula is C27H28F4N4O2. The maximum absolute atomic E-state index is 14.7. The molecule has 1 aliphatic carbocycles. The van der Waals surface area contributed by atoms with Crippen LogP contribution in [0.3, 0.4) is 0 Å². The minimum atomic E-state index is -4.84. The van der Waals surface area contributed by atoms with Crippen LogP contribution in [0.2, 0.25) is 0 Å². The van der Waals surface area contributed by atoms with E-state index in [1.165, 1.54) is 19.1 Å². The van der Waals surface area contributed by atoms with Gasteiger partial charge in [0.05, 0.1) is 23.2 Å². The summed E-state index contributed by atoms with van der Waals surface area (Å²) in [6.07, 6.45) is 4.10. The standard InChI is InChI=1S/C27H28F4N4O2/c1-4-23(36)34-19-10-8-17(9-11-19)18-12-21(25-32-15(2)13-35(25)14-18)26(37)33-16(3)20-6-5-7-22(24(20)28)27(29,30)31/h4-8,12,14-16,19H,1,9-11,13H2,2-3H3,(H,33,37)(H,34,36)/t15-,16-,19?/m1/s1. The average molecular weight is 517 g/mol. The van der Waals surface area contributed by atoms with E-state index >= 15 is 0 Å². The minimum Gasteiger partial charge on any atom is -0.350 e. The van der Waals surface area contributed by atoms with Crippen LogP contribution in [0.25, 0.3) is 0 Å². The number of hydrogen-bond donors (Lipinski definition) is 2. The van der Waals surface area contributed by atoms with Gasteiger partial charge in [0, 0.05) is 24.4 Å². The third-order valence-corrected chi connectivity index (χ3v) is 6.62. The number of carbonyl (C=O) groups excluding carboxylic acids is 2. The van der Waals surface area contributed by atoms with Crippen molar-refractivity contribution in [1.82, 2.24) is 15.5 Å². The summed E-state index contributed by atoms with van der Waals surface area (Å²) in [6.45, 7) is 7.40. The van der Waals surface area contributed by atoms with Crippen LogP contribution in [-0.4, -0.2) is 41.2 Å². The summed E-state index contributed by atoms with van der Waals surface area (Å²) in [5.74, 6) is -1.71. The summed E-state index contributed by atoms with van der Waals surface area (Å²) in [7, 11) is 0. The average Bonchev–Trinajstić information content (AvgIpc) is 3.23. The van der Waals surface area contributed by atoms with Crippen LogP contribution in [0.5, 0.6) is 0 Å². The van der Waals surface area contributed by atoms with Crippen LogP contribution in [0, 0.1) is 5.82 Å². The number of alkyl halides is 3. The van der Waals surface area contributed by atoms with E-state index in [1.54, 1.807) is 6.08 Å². The molecule has 3 atom stereocenters. The predicted molar refractivity (Wildman–Crippen MR) is 132 cm³/mol. The molecule has 1 aromatic rings. The minimum absolute atomic E-state index is 0.00247. The third kappa shape index (κ3) is 5.68. The van der Waals surface area contributed by atoms with Crippen LogP contribution < -0.4 is 10.6 Å². The number of carbonyl (C=O) groups is 2. The van der Waals surface area contributed by atoms with Crippen molar-refractivity contribution in [3.8, 4) is 0 Å². The Morgan fingerprint density at radius 1 is 1.30 bits per heavy atom. The lowest BCUT2D eigenvalue weighted by molar-refractivity contribution is -0.140. The summed E-state index contributed by atoms with van der Waals surface area (Å²) in [4.78, 5) is 31.4. The van der Waals surface area contributed by atoms with E-state index in [-0.39, 0.29) is 29.1 Å². The Labute approximate surface area is 212 Å². The summed E-state index contributed by atoms with van der Waals surface area (Å²) in [6, 6.07) is 1.95. The summed E-state index contributed by atoms with van der Waals surface area (Å²) in [5, 5.41) is 5.53. The van der Waals surface area contributed by atoms with Crippen LogP contribution in [0.1, 0.15) is 50.3 Å². The molecule has 0 saturated carbocycles. The Bertz CT molecular complexity index is 1250. The maximum atomic E-state index is 14.7. The SMILES string of the molecule is C=CC(=O)NC1CC=C(C2=CN3C[C@@H](C)N=C3C(C(=O)N[C@H](C)c3cccc(C(F)(F)F)c3F)=C2)CC1. The molecule has 2 N–H and O–H groups in total. The summed E-state index contributed by atoms with van der Waals surface area (Å²) < 4.78 is 54.1. The molecule has 0 bridgehead atoms. The Morgan fingerprint density at radius 2 is 2.05 bits per heavy atom. The second-order valence-electron chi connectivity index (χ2n) is 9.41. The number of allylic oxidation sites excluding steroid dienone is 3. The molecule has 1 aromatic carbocycles. The summed E-state index contributed by atoms with van der Waals surface area (Å²) in [5.41, 5.74) is 0.482. The number of amides is 2. The fourth-order valence-corrected chi connectivity index (χ4v) is 4.74. The molecule has 0 saturated heterocycles. The molecule has 10 heteroatoms. The van der Waals surface area contributed by atoms with Crippen molar-refractivity contribution in [2.24, 2.45) is 4.99 Å². The molecule has 0 fully saturated rings. The molecule has 4 rings (SSSR count). The maximum Gasteiger partial charge on any atom is 0.419 e. The monoisotopic (exact) mass is 516 g/mol. The number of nitrogens with one attached hydrogen (secondary N) is 2. The van der Waals surface area contributed by atoms with Crippen molar-refractivity contribution in [2.45, 2.75) is 57.4 Å². The van der Waals surface area contributed by atoms with E-state index in [4.69, 9.17) is 0 Å². The molecule has 0 radical (unpaired) electrons. The van der Waals surface area contributed by atoms with E-state index in [9.17, 15) is 27.2 Å². The number of fused-ring (bicyclic) bond motifs is 1. The number of hydrogen-bond acceptors (Lipinski definition) is 4. The first kappa shape index (κ1) is 26.4. The van der Waals surface area contributed by atoms with Gasteiger partial charge < -0.3 is 15.5 Å². The molecule has 0 aromatic heterocycles. The van der Waals surface area contributed by atoms with E-state index in [1.807, 2.05) is 24.1 Å². The van der Waals surface area contributed by atoms with Gasteiger partial charge in [0.25, 0.3) is 5.91 Å². The first-order valence-electron chi connectivity index (χ1n) is 12.0. The van der Waals surface area contributed by atoms with E-state index in [2.05, 4.69) is 22.2 Å². The van der Waals surface area contributed by atoms with Gasteiger partial charge in [-0.25, -0.2) is 4.39 Å². The second kappa shape index (κ2) is 10.4. The number of aliphatic imine (C=N–C) groups is 1. The van der Waals surface area contributed by atoms with Crippen LogP contribution in [0.4, 0.5) is 17.6 Å². The Morgan fingerprint density at radius 3 is 2.70 bits per heavy atom. The van der Waals surface area contributed by atoms with E-state index in [0.717, 1.165) is 23.6 Å². The molecule has 37 heavy (non-hydrogen) atoms. The van der Waals surface area contributed by atoms with Crippen molar-refractivity contribution in [3.63, 3.8) is 0 Å². The topological polar surface area (TPSA) is 73.8 Å². The van der Waals surface area contributed by atoms with E-state index < -0.39 is 29.5 Å². The Kier molecular flexibility index (Phi) is 7.38. The zero-order valence-corrected chi connectivity index (χ0v) is 20.5. The zero-order valence-electron chi connectivity index (χ0n) is 20.5. The van der Waals surface area contributed by atoms with Crippen molar-refractivity contribution in [2.75, 3.05) is 6.54 Å². The van der Waals surface area contributed by atoms with Gasteiger partial charge in [0.1, 0.15) is 11.7 Å². The fourth-order valence-electron chi connectivity index (χ4n) is 4.74. The normalized spacial score (nSPS) is 22.2. The van der Waals surface area contributed by atoms with Gasteiger partial charge in [0.15, 0.2) is 0 Å². The van der Waals surface area contributed by atoms with Crippen molar-refractivity contribution < 1.29 is 27.2 Å². The highest BCUT2D eigenvalue weighted by Gasteiger charge is 2.36.